The second kappa shape index (κ2) is 12.6. The average molecular weight is 486 g/mol. The number of carbonyl (C=O) groups excluding carboxylic acids is 3. The fraction of sp³-hybridized carbons (Fsp3) is 0.385. The SMILES string of the molecule is CC(C)(C)NC(=O)C[C@H](NC(=O)CCc1ccccc1)C(=O)NC(Cc1ccc(F)cc1)C(=O)O. The van der Waals surface area contributed by atoms with Crippen molar-refractivity contribution in [2.24, 2.45) is 0 Å². The smallest absolute Gasteiger partial charge is 0.326 e. The Balaban J connectivity index is 2.10. The third-order valence-corrected chi connectivity index (χ3v) is 5.01. The lowest BCUT2D eigenvalue weighted by molar-refractivity contribution is -0.142. The molecule has 0 saturated heterocycles. The van der Waals surface area contributed by atoms with Gasteiger partial charge in [-0.15, -0.1) is 0 Å². The number of halogens is 1. The van der Waals surface area contributed by atoms with Gasteiger partial charge in [-0.2, -0.15) is 0 Å². The first-order chi connectivity index (χ1) is 16.4. The molecule has 0 radical (unpaired) electrons. The van der Waals surface area contributed by atoms with Crippen LogP contribution in [0.1, 0.15) is 44.7 Å². The number of rotatable bonds is 11. The number of carboxylic acid groups (broad SMARTS) is 1. The Morgan fingerprint density at radius 1 is 0.857 bits per heavy atom. The molecule has 9 heteroatoms. The standard InChI is InChI=1S/C26H32FN3O5/c1-26(2,3)30-23(32)16-20(28-22(31)14-11-17-7-5-4-6-8-17)24(33)29-21(25(34)35)15-18-9-12-19(27)13-10-18/h4-10,12-13,20-21H,11,14-16H2,1-3H3,(H,28,31)(H,29,33)(H,30,32)(H,34,35)/t20-,21?/m0/s1. The molecule has 2 atom stereocenters. The zero-order valence-corrected chi connectivity index (χ0v) is 20.1. The van der Waals surface area contributed by atoms with Gasteiger partial charge in [-0.3, -0.25) is 14.4 Å². The van der Waals surface area contributed by atoms with Crippen LogP contribution in [0.3, 0.4) is 0 Å². The predicted octanol–water partition coefficient (Wildman–Crippen LogP) is 2.36. The summed E-state index contributed by atoms with van der Waals surface area (Å²) in [6.07, 6.45) is 0.0808. The van der Waals surface area contributed by atoms with Gasteiger partial charge in [0.05, 0.1) is 6.42 Å². The highest BCUT2D eigenvalue weighted by Gasteiger charge is 2.29. The average Bonchev–Trinajstić information content (AvgIpc) is 2.77. The van der Waals surface area contributed by atoms with Crippen molar-refractivity contribution >= 4 is 23.7 Å². The van der Waals surface area contributed by atoms with Crippen LogP contribution < -0.4 is 16.0 Å². The van der Waals surface area contributed by atoms with E-state index in [1.54, 1.807) is 20.8 Å². The molecule has 0 aliphatic carbocycles. The maximum atomic E-state index is 13.2. The third-order valence-electron chi connectivity index (χ3n) is 5.01. The molecule has 0 aromatic heterocycles. The van der Waals surface area contributed by atoms with Crippen molar-refractivity contribution in [3.63, 3.8) is 0 Å². The Labute approximate surface area is 204 Å². The van der Waals surface area contributed by atoms with Crippen LogP contribution in [0.25, 0.3) is 0 Å². The van der Waals surface area contributed by atoms with Gasteiger partial charge in [-0.05, 0) is 50.5 Å². The molecule has 0 spiro atoms. The summed E-state index contributed by atoms with van der Waals surface area (Å²) in [5.74, 6) is -3.46. The number of benzene rings is 2. The lowest BCUT2D eigenvalue weighted by Crippen LogP contribution is -2.54. The lowest BCUT2D eigenvalue weighted by atomic mass is 10.0. The van der Waals surface area contributed by atoms with Gasteiger partial charge in [0.25, 0.3) is 0 Å². The maximum absolute atomic E-state index is 13.2. The van der Waals surface area contributed by atoms with E-state index in [1.165, 1.54) is 24.3 Å². The van der Waals surface area contributed by atoms with E-state index in [-0.39, 0.29) is 19.3 Å². The molecular weight excluding hydrogens is 453 g/mol. The lowest BCUT2D eigenvalue weighted by Gasteiger charge is -2.24. The van der Waals surface area contributed by atoms with Crippen LogP contribution in [-0.4, -0.2) is 46.4 Å². The summed E-state index contributed by atoms with van der Waals surface area (Å²) < 4.78 is 13.2. The molecule has 0 bridgehead atoms. The Morgan fingerprint density at radius 2 is 1.49 bits per heavy atom. The topological polar surface area (TPSA) is 125 Å². The summed E-state index contributed by atoms with van der Waals surface area (Å²) in [4.78, 5) is 49.8. The molecule has 0 aliphatic heterocycles. The second-order valence-electron chi connectivity index (χ2n) is 9.34. The van der Waals surface area contributed by atoms with Crippen molar-refractivity contribution in [1.29, 1.82) is 0 Å². The number of carbonyl (C=O) groups is 4. The molecule has 2 rings (SSSR count). The van der Waals surface area contributed by atoms with Gasteiger partial charge in [-0.1, -0.05) is 42.5 Å². The Bertz CT molecular complexity index is 1020. The summed E-state index contributed by atoms with van der Waals surface area (Å²) in [7, 11) is 0. The number of hydrogen-bond acceptors (Lipinski definition) is 4. The molecule has 0 heterocycles. The van der Waals surface area contributed by atoms with Crippen molar-refractivity contribution < 1.29 is 28.7 Å². The highest BCUT2D eigenvalue weighted by Crippen LogP contribution is 2.08. The first-order valence-corrected chi connectivity index (χ1v) is 11.3. The van der Waals surface area contributed by atoms with Gasteiger partial charge < -0.3 is 21.1 Å². The monoisotopic (exact) mass is 485 g/mol. The zero-order valence-electron chi connectivity index (χ0n) is 20.1. The van der Waals surface area contributed by atoms with Gasteiger partial charge in [-0.25, -0.2) is 9.18 Å². The Hall–Kier alpha value is -3.75. The predicted molar refractivity (Wildman–Crippen MR) is 129 cm³/mol. The normalized spacial score (nSPS) is 12.8. The van der Waals surface area contributed by atoms with Gasteiger partial charge in [0, 0.05) is 18.4 Å². The molecule has 35 heavy (non-hydrogen) atoms. The number of hydrogen-bond donors (Lipinski definition) is 4. The van der Waals surface area contributed by atoms with E-state index in [9.17, 15) is 28.7 Å². The Morgan fingerprint density at radius 3 is 2.06 bits per heavy atom. The highest BCUT2D eigenvalue weighted by atomic mass is 19.1. The van der Waals surface area contributed by atoms with Crippen LogP contribution in [0.15, 0.2) is 54.6 Å². The van der Waals surface area contributed by atoms with E-state index in [2.05, 4.69) is 16.0 Å². The fourth-order valence-electron chi connectivity index (χ4n) is 3.36. The van der Waals surface area contributed by atoms with Crippen LogP contribution in [0.5, 0.6) is 0 Å². The number of carboxylic acids is 1. The molecule has 0 aliphatic rings. The first kappa shape index (κ1) is 27.5. The van der Waals surface area contributed by atoms with E-state index < -0.39 is 47.1 Å². The summed E-state index contributed by atoms with van der Waals surface area (Å²) >= 11 is 0. The highest BCUT2D eigenvalue weighted by molar-refractivity contribution is 5.94. The minimum atomic E-state index is -1.33. The van der Waals surface area contributed by atoms with Crippen molar-refractivity contribution in [3.8, 4) is 0 Å². The summed E-state index contributed by atoms with van der Waals surface area (Å²) in [5.41, 5.74) is 0.897. The third kappa shape index (κ3) is 10.4. The number of aliphatic carboxylic acids is 1. The maximum Gasteiger partial charge on any atom is 0.326 e. The van der Waals surface area contributed by atoms with Gasteiger partial charge in [0.15, 0.2) is 0 Å². The molecule has 8 nitrogen and oxygen atoms in total. The molecular formula is C26H32FN3O5. The minimum Gasteiger partial charge on any atom is -0.480 e. The van der Waals surface area contributed by atoms with E-state index in [1.807, 2.05) is 30.3 Å². The first-order valence-electron chi connectivity index (χ1n) is 11.3. The number of nitrogens with one attached hydrogen (secondary N) is 3. The quantitative estimate of drug-likeness (QED) is 0.389. The fourth-order valence-corrected chi connectivity index (χ4v) is 3.36. The van der Waals surface area contributed by atoms with Crippen molar-refractivity contribution in [3.05, 3.63) is 71.5 Å². The van der Waals surface area contributed by atoms with Crippen LogP contribution in [0, 0.1) is 5.82 Å². The molecule has 2 aromatic rings. The summed E-state index contributed by atoms with van der Waals surface area (Å²) in [6.45, 7) is 5.34. The van der Waals surface area contributed by atoms with Crippen LogP contribution in [0.2, 0.25) is 0 Å². The van der Waals surface area contributed by atoms with Gasteiger partial charge >= 0.3 is 5.97 Å². The molecule has 3 amide bonds. The van der Waals surface area contributed by atoms with Crippen molar-refractivity contribution in [2.75, 3.05) is 0 Å². The van der Waals surface area contributed by atoms with E-state index in [0.717, 1.165) is 5.56 Å². The number of amides is 3. The number of aryl methyl sites for hydroxylation is 1. The van der Waals surface area contributed by atoms with E-state index in [4.69, 9.17) is 0 Å². The van der Waals surface area contributed by atoms with Crippen LogP contribution >= 0.6 is 0 Å². The summed E-state index contributed by atoms with van der Waals surface area (Å²) in [5, 5.41) is 17.3. The molecule has 188 valence electrons. The molecule has 0 saturated carbocycles. The largest absolute Gasteiger partial charge is 0.480 e. The summed E-state index contributed by atoms with van der Waals surface area (Å²) in [6, 6.07) is 12.0. The van der Waals surface area contributed by atoms with Crippen molar-refractivity contribution in [1.82, 2.24) is 16.0 Å². The van der Waals surface area contributed by atoms with Crippen LogP contribution in [-0.2, 0) is 32.0 Å². The molecule has 0 fully saturated rings. The minimum absolute atomic E-state index is 0.0899. The van der Waals surface area contributed by atoms with Gasteiger partial charge in [0.1, 0.15) is 17.9 Å². The van der Waals surface area contributed by atoms with E-state index >= 15 is 0 Å². The zero-order chi connectivity index (χ0) is 26.0. The van der Waals surface area contributed by atoms with Crippen LogP contribution in [0.4, 0.5) is 4.39 Å². The molecule has 4 N–H and O–H groups in total. The van der Waals surface area contributed by atoms with Crippen molar-refractivity contribution in [2.45, 2.75) is 64.1 Å². The second-order valence-corrected chi connectivity index (χ2v) is 9.34. The Kier molecular flexibility index (Phi) is 9.93. The molecule has 1 unspecified atom stereocenters. The van der Waals surface area contributed by atoms with Gasteiger partial charge in [0.2, 0.25) is 17.7 Å². The molecule has 2 aromatic carbocycles. The van der Waals surface area contributed by atoms with E-state index in [0.29, 0.717) is 12.0 Å².